The maximum absolute atomic E-state index is 13.3. The molecule has 1 N–H and O–H groups in total. The van der Waals surface area contributed by atoms with Crippen LogP contribution in [0.2, 0.25) is 0 Å². The van der Waals surface area contributed by atoms with Gasteiger partial charge in [-0.2, -0.15) is 13.2 Å². The first-order chi connectivity index (χ1) is 16.2. The third-order valence-corrected chi connectivity index (χ3v) is 6.62. The number of methoxy groups -OCH3 is 1. The van der Waals surface area contributed by atoms with E-state index in [4.69, 9.17) is 14.6 Å². The van der Waals surface area contributed by atoms with Crippen molar-refractivity contribution in [3.05, 3.63) is 48.5 Å². The zero-order valence-electron chi connectivity index (χ0n) is 19.0. The van der Waals surface area contributed by atoms with Gasteiger partial charge >= 0.3 is 12.1 Å². The number of piperidine rings is 1. The molecule has 0 aliphatic carbocycles. The predicted octanol–water partition coefficient (Wildman–Crippen LogP) is 4.97. The van der Waals surface area contributed by atoms with Gasteiger partial charge in [0.25, 0.3) is 0 Å². The van der Waals surface area contributed by atoms with Crippen LogP contribution < -0.4 is 19.3 Å². The molecule has 2 saturated heterocycles. The van der Waals surface area contributed by atoms with Crippen molar-refractivity contribution >= 4 is 17.3 Å². The smallest absolute Gasteiger partial charge is 0.393 e. The van der Waals surface area contributed by atoms with Crippen LogP contribution in [0.5, 0.6) is 11.5 Å². The van der Waals surface area contributed by atoms with Gasteiger partial charge in [-0.1, -0.05) is 6.07 Å². The van der Waals surface area contributed by atoms with E-state index in [-0.39, 0.29) is 25.5 Å². The molecular weight excluding hydrogens is 449 g/mol. The van der Waals surface area contributed by atoms with Crippen LogP contribution in [-0.4, -0.2) is 56.1 Å². The van der Waals surface area contributed by atoms with Gasteiger partial charge in [-0.05, 0) is 42.8 Å². The monoisotopic (exact) mass is 478 g/mol. The molecule has 0 amide bonds. The van der Waals surface area contributed by atoms with Crippen LogP contribution in [0.25, 0.3) is 0 Å². The van der Waals surface area contributed by atoms with Gasteiger partial charge in [0.2, 0.25) is 0 Å². The number of carbonyl (C=O) groups is 1. The summed E-state index contributed by atoms with van der Waals surface area (Å²) in [6.45, 7) is 1.46. The minimum Gasteiger partial charge on any atom is -0.497 e. The molecule has 0 radical (unpaired) electrons. The SMILES string of the molecule is COc1cccc(N2CCC(Oc3ccc(N4CC(C(F)(F)F)CC4CC(=O)O)cc3)CC2)c1. The summed E-state index contributed by atoms with van der Waals surface area (Å²) in [7, 11) is 1.65. The Morgan fingerprint density at radius 1 is 1.06 bits per heavy atom. The number of carboxylic acids is 1. The van der Waals surface area contributed by atoms with Crippen LogP contribution in [-0.2, 0) is 4.79 Å². The van der Waals surface area contributed by atoms with Crippen molar-refractivity contribution in [1.82, 2.24) is 0 Å². The van der Waals surface area contributed by atoms with Crippen LogP contribution in [0, 0.1) is 5.92 Å². The molecule has 0 aromatic heterocycles. The number of hydrogen-bond acceptors (Lipinski definition) is 5. The summed E-state index contributed by atoms with van der Waals surface area (Å²) in [5.41, 5.74) is 1.69. The van der Waals surface area contributed by atoms with Gasteiger partial charge in [0.1, 0.15) is 17.6 Å². The van der Waals surface area contributed by atoms with Crippen LogP contribution in [0.15, 0.2) is 48.5 Å². The van der Waals surface area contributed by atoms with E-state index in [0.29, 0.717) is 11.4 Å². The molecule has 2 aromatic carbocycles. The van der Waals surface area contributed by atoms with Gasteiger partial charge in [0.05, 0.1) is 19.4 Å². The molecule has 9 heteroatoms. The standard InChI is InChI=1S/C25H29F3N2O4/c1-33-23-4-2-3-19(14-23)29-11-9-22(10-12-29)34-21-7-5-18(6-8-21)30-16-17(25(26,27)28)13-20(30)15-24(31)32/h2-8,14,17,20,22H,9-13,15-16H2,1H3,(H,31,32). The molecule has 184 valence electrons. The normalized spacial score (nSPS) is 21.5. The Bertz CT molecular complexity index is 975. The molecule has 6 nitrogen and oxygen atoms in total. The number of anilines is 2. The lowest BCUT2D eigenvalue weighted by Gasteiger charge is -2.34. The van der Waals surface area contributed by atoms with E-state index in [1.165, 1.54) is 0 Å². The molecule has 4 rings (SSSR count). The molecule has 34 heavy (non-hydrogen) atoms. The van der Waals surface area contributed by atoms with Gasteiger partial charge in [-0.15, -0.1) is 0 Å². The molecule has 0 spiro atoms. The summed E-state index contributed by atoms with van der Waals surface area (Å²) in [5, 5.41) is 9.13. The molecule has 0 bridgehead atoms. The van der Waals surface area contributed by atoms with Crippen molar-refractivity contribution in [2.45, 2.75) is 44.0 Å². The highest BCUT2D eigenvalue weighted by atomic mass is 19.4. The summed E-state index contributed by atoms with van der Waals surface area (Å²) in [5.74, 6) is -1.15. The molecule has 2 atom stereocenters. The summed E-state index contributed by atoms with van der Waals surface area (Å²) in [6.07, 6.45) is -3.13. The molecule has 2 aliphatic rings. The quantitative estimate of drug-likeness (QED) is 0.606. The number of nitrogens with zero attached hydrogens (tertiary/aromatic N) is 2. The van der Waals surface area contributed by atoms with E-state index in [2.05, 4.69) is 11.0 Å². The fourth-order valence-corrected chi connectivity index (χ4v) is 4.81. The molecule has 2 aromatic rings. The third kappa shape index (κ3) is 5.69. The first-order valence-corrected chi connectivity index (χ1v) is 11.4. The van der Waals surface area contributed by atoms with Gasteiger partial charge < -0.3 is 24.4 Å². The number of alkyl halides is 3. The maximum Gasteiger partial charge on any atom is 0.393 e. The Kier molecular flexibility index (Phi) is 7.09. The summed E-state index contributed by atoms with van der Waals surface area (Å²) in [6, 6.07) is 14.2. The minimum absolute atomic E-state index is 0.0499. The highest BCUT2D eigenvalue weighted by Crippen LogP contribution is 2.40. The molecular formula is C25H29F3N2O4. The van der Waals surface area contributed by atoms with Gasteiger partial charge in [0, 0.05) is 56.0 Å². The predicted molar refractivity (Wildman–Crippen MR) is 123 cm³/mol. The second kappa shape index (κ2) is 10.0. The van der Waals surface area contributed by atoms with Crippen molar-refractivity contribution in [2.75, 3.05) is 36.5 Å². The molecule has 2 unspecified atom stereocenters. The number of ether oxygens (including phenoxy) is 2. The van der Waals surface area contributed by atoms with Crippen molar-refractivity contribution in [1.29, 1.82) is 0 Å². The number of rotatable bonds is 7. The Balaban J connectivity index is 1.35. The van der Waals surface area contributed by atoms with Crippen LogP contribution in [0.1, 0.15) is 25.7 Å². The first-order valence-electron chi connectivity index (χ1n) is 11.4. The summed E-state index contributed by atoms with van der Waals surface area (Å²) in [4.78, 5) is 15.0. The van der Waals surface area contributed by atoms with E-state index in [1.807, 2.05) is 18.2 Å². The Hall–Kier alpha value is -3.10. The van der Waals surface area contributed by atoms with Crippen molar-refractivity contribution in [3.8, 4) is 11.5 Å². The number of aliphatic carboxylic acids is 1. The fraction of sp³-hybridized carbons (Fsp3) is 0.480. The zero-order valence-corrected chi connectivity index (χ0v) is 19.0. The Morgan fingerprint density at radius 3 is 2.38 bits per heavy atom. The highest BCUT2D eigenvalue weighted by molar-refractivity contribution is 5.69. The van der Waals surface area contributed by atoms with Crippen LogP contribution in [0.4, 0.5) is 24.5 Å². The Morgan fingerprint density at radius 2 is 1.76 bits per heavy atom. The average molecular weight is 479 g/mol. The lowest BCUT2D eigenvalue weighted by atomic mass is 10.0. The van der Waals surface area contributed by atoms with E-state index in [1.54, 1.807) is 36.3 Å². The van der Waals surface area contributed by atoms with E-state index < -0.39 is 24.1 Å². The zero-order chi connectivity index (χ0) is 24.3. The molecule has 2 fully saturated rings. The number of halogens is 3. The first kappa shape index (κ1) is 24.0. The lowest BCUT2D eigenvalue weighted by Crippen LogP contribution is -2.38. The van der Waals surface area contributed by atoms with Crippen LogP contribution in [0.3, 0.4) is 0 Å². The third-order valence-electron chi connectivity index (χ3n) is 6.62. The molecule has 2 heterocycles. The minimum atomic E-state index is -4.34. The van der Waals surface area contributed by atoms with Crippen molar-refractivity contribution in [2.24, 2.45) is 5.92 Å². The molecule has 0 saturated carbocycles. The van der Waals surface area contributed by atoms with Crippen LogP contribution >= 0.6 is 0 Å². The second-order valence-corrected chi connectivity index (χ2v) is 8.88. The topological polar surface area (TPSA) is 62.2 Å². The largest absolute Gasteiger partial charge is 0.497 e. The highest BCUT2D eigenvalue weighted by Gasteiger charge is 2.47. The van der Waals surface area contributed by atoms with E-state index in [0.717, 1.165) is 37.4 Å². The van der Waals surface area contributed by atoms with Crippen molar-refractivity contribution < 1.29 is 32.5 Å². The fourth-order valence-electron chi connectivity index (χ4n) is 4.81. The van der Waals surface area contributed by atoms with Gasteiger partial charge in [-0.3, -0.25) is 4.79 Å². The van der Waals surface area contributed by atoms with Gasteiger partial charge in [-0.25, -0.2) is 0 Å². The van der Waals surface area contributed by atoms with E-state index in [9.17, 15) is 18.0 Å². The average Bonchev–Trinajstić information content (AvgIpc) is 3.24. The second-order valence-electron chi connectivity index (χ2n) is 8.88. The summed E-state index contributed by atoms with van der Waals surface area (Å²) < 4.78 is 51.2. The van der Waals surface area contributed by atoms with Crippen molar-refractivity contribution in [3.63, 3.8) is 0 Å². The number of hydrogen-bond donors (Lipinski definition) is 1. The molecule has 2 aliphatic heterocycles. The number of benzene rings is 2. The Labute approximate surface area is 196 Å². The summed E-state index contributed by atoms with van der Waals surface area (Å²) >= 11 is 0. The van der Waals surface area contributed by atoms with Gasteiger partial charge in [0.15, 0.2) is 0 Å². The number of carboxylic acid groups (broad SMARTS) is 1. The lowest BCUT2D eigenvalue weighted by molar-refractivity contribution is -0.169. The maximum atomic E-state index is 13.3. The van der Waals surface area contributed by atoms with E-state index >= 15 is 0 Å².